The van der Waals surface area contributed by atoms with Crippen LogP contribution in [-0.4, -0.2) is 48.6 Å². The van der Waals surface area contributed by atoms with Gasteiger partial charge in [0.15, 0.2) is 0 Å². The molecule has 0 saturated carbocycles. The van der Waals surface area contributed by atoms with E-state index in [0.717, 1.165) is 0 Å². The van der Waals surface area contributed by atoms with Gasteiger partial charge in [-0.05, 0) is 0 Å². The summed E-state index contributed by atoms with van der Waals surface area (Å²) in [5.74, 6) is -29.5. The zero-order valence-corrected chi connectivity index (χ0v) is 24.1. The normalized spacial score (nSPS) is 19.8. The Morgan fingerprint density at radius 1 is 0.315 bits per heavy atom. The van der Waals surface area contributed by atoms with Gasteiger partial charge >= 0.3 is 37.1 Å². The lowest BCUT2D eigenvalue weighted by molar-refractivity contribution is -0.175. The van der Waals surface area contributed by atoms with Gasteiger partial charge in [0.25, 0.3) is 11.6 Å². The van der Waals surface area contributed by atoms with Crippen molar-refractivity contribution in [1.29, 1.82) is 0 Å². The van der Waals surface area contributed by atoms with Gasteiger partial charge in [-0.2, -0.15) is 79.0 Å². The maximum atomic E-state index is 15.9. The van der Waals surface area contributed by atoms with Crippen LogP contribution in [0.4, 0.5) is 105 Å². The van der Waals surface area contributed by atoms with Crippen LogP contribution in [-0.2, 0) is 9.59 Å². The molecule has 0 aromatic heterocycles. The van der Waals surface area contributed by atoms with Crippen LogP contribution >= 0.6 is 0 Å². The van der Waals surface area contributed by atoms with Crippen molar-refractivity contribution in [3.8, 4) is 0 Å². The molecule has 2 nitrogen and oxygen atoms in total. The molecule has 54 heavy (non-hydrogen) atoms. The van der Waals surface area contributed by atoms with E-state index in [1.165, 1.54) is 0 Å². The van der Waals surface area contributed by atoms with Crippen LogP contribution in [0.5, 0.6) is 0 Å². The second-order valence-electron chi connectivity index (χ2n) is 10.5. The van der Waals surface area contributed by atoms with Crippen molar-refractivity contribution in [3.05, 3.63) is 76.9 Å². The average molecular weight is 826 g/mol. The van der Waals surface area contributed by atoms with Gasteiger partial charge in [0.05, 0.1) is 27.9 Å². The molecule has 0 saturated heterocycles. The van der Waals surface area contributed by atoms with Crippen LogP contribution in [0.2, 0.25) is 0 Å². The summed E-state index contributed by atoms with van der Waals surface area (Å²) in [4.78, 5) is 23.4. The van der Waals surface area contributed by atoms with Gasteiger partial charge in [0.1, 0.15) is 46.1 Å². The molecule has 0 amide bonds. The number of Topliss-reactive ketones (excluding diaryl/α,β-unsaturated/α-hetero) is 2. The van der Waals surface area contributed by atoms with Crippen LogP contribution in [0, 0.1) is 0 Å². The lowest BCUT2D eigenvalue weighted by Gasteiger charge is -2.19. The summed E-state index contributed by atoms with van der Waals surface area (Å²) in [5.41, 5.74) is -25.3. The van der Waals surface area contributed by atoms with E-state index in [1.807, 2.05) is 6.58 Å². The van der Waals surface area contributed by atoms with Crippen LogP contribution < -0.4 is 31.3 Å². The first-order chi connectivity index (χ1) is 23.9. The van der Waals surface area contributed by atoms with E-state index in [9.17, 15) is 88.6 Å². The molecular formula is C28H2F24O2. The number of allylic oxidation sites excluding steroid dienone is 7. The van der Waals surface area contributed by atoms with E-state index >= 15 is 26.3 Å². The number of ketones is 2. The van der Waals surface area contributed by atoms with Crippen LogP contribution in [0.15, 0.2) is 45.6 Å². The van der Waals surface area contributed by atoms with Gasteiger partial charge in [-0.15, -0.1) is 0 Å². The first-order valence-electron chi connectivity index (χ1n) is 12.8. The number of carbonyl (C=O) groups excluding carboxylic acids is 2. The fourth-order valence-corrected chi connectivity index (χ4v) is 5.42. The van der Waals surface area contributed by atoms with Crippen LogP contribution in [0.25, 0.3) is 35.0 Å². The summed E-state index contributed by atoms with van der Waals surface area (Å²) in [6.45, 7) is 1.87. The number of benzene rings is 1. The lowest BCUT2D eigenvalue weighted by Crippen LogP contribution is -2.64. The van der Waals surface area contributed by atoms with E-state index in [4.69, 9.17) is 0 Å². The average Bonchev–Trinajstić information content (AvgIpc) is 3.46. The van der Waals surface area contributed by atoms with Crippen molar-refractivity contribution in [3.63, 3.8) is 0 Å². The minimum Gasteiger partial charge on any atom is -0.284 e. The number of hydrogen-bond acceptors (Lipinski definition) is 2. The Labute approximate surface area is 276 Å². The summed E-state index contributed by atoms with van der Waals surface area (Å²) >= 11 is 0. The van der Waals surface area contributed by atoms with Gasteiger partial charge in [-0.25, -0.2) is 26.3 Å². The molecule has 3 aliphatic rings. The smallest absolute Gasteiger partial charge is 0.284 e. The molecule has 3 aliphatic carbocycles. The summed E-state index contributed by atoms with van der Waals surface area (Å²) in [7, 11) is 0. The molecule has 0 heterocycles. The number of rotatable bonds is 3. The van der Waals surface area contributed by atoms with Crippen molar-refractivity contribution in [2.75, 3.05) is 0 Å². The predicted molar refractivity (Wildman–Crippen MR) is 128 cm³/mol. The first-order valence-corrected chi connectivity index (χ1v) is 12.8. The quantitative estimate of drug-likeness (QED) is 0.271. The van der Waals surface area contributed by atoms with Crippen molar-refractivity contribution < 1.29 is 115 Å². The summed E-state index contributed by atoms with van der Waals surface area (Å²) < 4.78 is 339. The summed E-state index contributed by atoms with van der Waals surface area (Å²) in [6.07, 6.45) is -40.7. The fraction of sp³-hybridized carbons (Fsp3) is 0.214. The predicted octanol–water partition coefficient (Wildman–Crippen LogP) is 6.15. The standard InChI is InChI=1S/C28H2F24O2/c1-2(23(35,36)37)12(24(38,39)40)9-15(29)3-4(16(9)30)6-8(20(34)11(18(6)32)14(26(44,45)46)22(54)28(50,51)52)7-5(3)17(31)10(19(7)33)13(25(41,42)43)21(53)27(47,48)49/h1H2/b12-9?,13-10-,14-11+. The van der Waals surface area contributed by atoms with Crippen LogP contribution in [0.3, 0.4) is 0 Å². The number of halogens is 24. The molecule has 0 fully saturated rings. The molecular weight excluding hydrogens is 824 g/mol. The molecule has 294 valence electrons. The fourth-order valence-electron chi connectivity index (χ4n) is 5.42. The number of alkyl halides is 18. The van der Waals surface area contributed by atoms with Gasteiger partial charge in [0, 0.05) is 31.3 Å². The second-order valence-corrected chi connectivity index (χ2v) is 10.5. The molecule has 26 heteroatoms. The minimum absolute atomic E-state index is 1.87. The zero-order valence-electron chi connectivity index (χ0n) is 24.1. The molecule has 0 spiro atoms. The third-order valence-electron chi connectivity index (χ3n) is 7.35. The number of fused-ring (bicyclic) bond motifs is 6. The zero-order chi connectivity index (χ0) is 42.1. The van der Waals surface area contributed by atoms with E-state index < -0.39 is 154 Å². The molecule has 0 N–H and O–H groups in total. The van der Waals surface area contributed by atoms with Gasteiger partial charge < -0.3 is 0 Å². The Morgan fingerprint density at radius 3 is 0.648 bits per heavy atom. The Kier molecular flexibility index (Phi) is 9.31. The second kappa shape index (κ2) is 12.0. The molecule has 1 aromatic rings. The summed E-state index contributed by atoms with van der Waals surface area (Å²) in [5, 5.41) is -17.0. The first kappa shape index (κ1) is 41.8. The Morgan fingerprint density at radius 2 is 0.500 bits per heavy atom. The molecule has 0 unspecified atom stereocenters. The van der Waals surface area contributed by atoms with Crippen molar-refractivity contribution >= 4 is 46.5 Å². The Hall–Kier alpha value is -4.94. The highest BCUT2D eigenvalue weighted by atomic mass is 19.4. The van der Waals surface area contributed by atoms with E-state index in [1.54, 1.807) is 0 Å². The Bertz CT molecular complexity index is 2070. The summed E-state index contributed by atoms with van der Waals surface area (Å²) in [6, 6.07) is 0. The van der Waals surface area contributed by atoms with Gasteiger partial charge in [-0.3, -0.25) is 9.59 Å². The molecule has 1 aromatic carbocycles. The highest BCUT2D eigenvalue weighted by Crippen LogP contribution is 2.46. The molecule has 4 rings (SSSR count). The molecule has 0 atom stereocenters. The van der Waals surface area contributed by atoms with Crippen molar-refractivity contribution in [2.45, 2.75) is 37.1 Å². The largest absolute Gasteiger partial charge is 0.454 e. The number of hydrogen-bond donors (Lipinski definition) is 0. The van der Waals surface area contributed by atoms with Crippen LogP contribution in [0.1, 0.15) is 0 Å². The van der Waals surface area contributed by atoms with E-state index in [2.05, 4.69) is 0 Å². The maximum Gasteiger partial charge on any atom is 0.454 e. The van der Waals surface area contributed by atoms with E-state index in [-0.39, 0.29) is 0 Å². The molecule has 0 bridgehead atoms. The third kappa shape index (κ3) is 6.18. The van der Waals surface area contributed by atoms with Crippen molar-refractivity contribution in [1.82, 2.24) is 0 Å². The Balaban J connectivity index is 2.67. The third-order valence-corrected chi connectivity index (χ3v) is 7.35. The molecule has 0 aliphatic heterocycles. The SMILES string of the molecule is C=C(C(=C1C(F)=c2c(c3c(c4c2=C(F)/C(=C(\C(=O)C(F)(F)F)C(F)(F)F)C=4F)=C(F)/C(=C(\C(=O)C(F)(F)F)C(F)(F)F)C=3F)=C1F)C(F)(F)F)C(F)(F)F. The highest BCUT2D eigenvalue weighted by Gasteiger charge is 2.56. The maximum absolute atomic E-state index is 15.9. The van der Waals surface area contributed by atoms with Gasteiger partial charge in [-0.1, -0.05) is 6.58 Å². The number of carbonyl (C=O) groups is 2. The minimum atomic E-state index is -6.96. The topological polar surface area (TPSA) is 34.1 Å². The lowest BCUT2D eigenvalue weighted by atomic mass is 9.99. The highest BCUT2D eigenvalue weighted by molar-refractivity contribution is 6.09. The monoisotopic (exact) mass is 826 g/mol. The molecule has 0 radical (unpaired) electrons. The van der Waals surface area contributed by atoms with E-state index in [0.29, 0.717) is 0 Å². The van der Waals surface area contributed by atoms with Crippen molar-refractivity contribution in [2.24, 2.45) is 0 Å². The van der Waals surface area contributed by atoms with Gasteiger partial charge in [0.2, 0.25) is 0 Å².